The summed E-state index contributed by atoms with van der Waals surface area (Å²) in [7, 11) is 1.79. The van der Waals surface area contributed by atoms with Crippen LogP contribution in [0, 0.1) is 12.9 Å². The summed E-state index contributed by atoms with van der Waals surface area (Å²) in [6.07, 6.45) is 2.64. The van der Waals surface area contributed by atoms with Crippen molar-refractivity contribution in [2.45, 2.75) is 26.0 Å². The van der Waals surface area contributed by atoms with Crippen LogP contribution in [0.25, 0.3) is 10.1 Å². The normalized spacial score (nSPS) is 11.4. The lowest BCUT2D eigenvalue weighted by molar-refractivity contribution is -0.109. The fourth-order valence-electron chi connectivity index (χ4n) is 2.97. The van der Waals surface area contributed by atoms with Gasteiger partial charge in [0.05, 0.1) is 11.6 Å². The molecule has 1 unspecified atom stereocenters. The molecular formula is C22H24F3N3O3S. The van der Waals surface area contributed by atoms with Gasteiger partial charge in [-0.1, -0.05) is 0 Å². The zero-order valence-electron chi connectivity index (χ0n) is 17.7. The molecule has 0 radical (unpaired) electrons. The maximum atomic E-state index is 13.7. The molecule has 0 spiro atoms. The molecule has 0 fully saturated rings. The molecule has 2 aromatic heterocycles. The van der Waals surface area contributed by atoms with Crippen molar-refractivity contribution >= 4 is 33.6 Å². The molecule has 1 amide bonds. The summed E-state index contributed by atoms with van der Waals surface area (Å²) in [5, 5.41) is 6.49. The summed E-state index contributed by atoms with van der Waals surface area (Å²) in [6, 6.07) is 8.13. The largest absolute Gasteiger partial charge is 0.489 e. The maximum Gasteiger partial charge on any atom is 0.253 e. The smallest absolute Gasteiger partial charge is 0.253 e. The van der Waals surface area contributed by atoms with Crippen molar-refractivity contribution in [3.8, 4) is 5.75 Å². The van der Waals surface area contributed by atoms with Gasteiger partial charge in [-0.2, -0.15) is 4.39 Å². The Morgan fingerprint density at radius 3 is 2.72 bits per heavy atom. The number of ether oxygens (including phenoxy) is 1. The predicted molar refractivity (Wildman–Crippen MR) is 118 cm³/mol. The highest BCUT2D eigenvalue weighted by Gasteiger charge is 2.20. The standard InChI is InChI=1S/C21H22FN3O3S.CH2F2/c1-13-19(21(27)25-15(11-26)7-9-23-2)17-10-16(5-6-18(17)29-13)28-12-14-4-3-8-24-20(14)22;2-1-3/h3-6,8,10-11,15,23H,7,9,12H2,1-2H3,(H,25,27);1H2. The summed E-state index contributed by atoms with van der Waals surface area (Å²) in [6.45, 7) is 0.775. The van der Waals surface area contributed by atoms with Gasteiger partial charge in [-0.3, -0.25) is 4.79 Å². The Morgan fingerprint density at radius 1 is 1.31 bits per heavy atom. The van der Waals surface area contributed by atoms with Gasteiger partial charge in [0, 0.05) is 26.7 Å². The second kappa shape index (κ2) is 12.8. The van der Waals surface area contributed by atoms with Crippen LogP contribution < -0.4 is 15.4 Å². The van der Waals surface area contributed by atoms with Crippen molar-refractivity contribution in [1.29, 1.82) is 0 Å². The molecule has 0 bridgehead atoms. The number of nitrogens with zero attached hydrogens (tertiary/aromatic N) is 1. The molecule has 1 atom stereocenters. The van der Waals surface area contributed by atoms with E-state index >= 15 is 0 Å². The summed E-state index contributed by atoms with van der Waals surface area (Å²) < 4.78 is 39.6. The van der Waals surface area contributed by atoms with Gasteiger partial charge in [0.25, 0.3) is 5.91 Å². The lowest BCUT2D eigenvalue weighted by Gasteiger charge is -2.13. The number of fused-ring (bicyclic) bond motifs is 1. The van der Waals surface area contributed by atoms with E-state index in [1.54, 1.807) is 31.3 Å². The first kappa shape index (κ1) is 25.3. The zero-order chi connectivity index (χ0) is 23.5. The molecule has 10 heteroatoms. The number of alkyl halides is 2. The van der Waals surface area contributed by atoms with Crippen molar-refractivity contribution < 1.29 is 27.5 Å². The van der Waals surface area contributed by atoms with Crippen molar-refractivity contribution in [2.75, 3.05) is 20.5 Å². The minimum atomic E-state index is -1.75. The number of pyridine rings is 1. The highest BCUT2D eigenvalue weighted by atomic mass is 32.1. The molecule has 1 aromatic carbocycles. The molecule has 2 heterocycles. The number of aryl methyl sites for hydroxylation is 1. The summed E-state index contributed by atoms with van der Waals surface area (Å²) in [4.78, 5) is 28.6. The number of hydrogen-bond acceptors (Lipinski definition) is 6. The number of hydrogen-bond donors (Lipinski definition) is 2. The number of aromatic nitrogens is 1. The minimum absolute atomic E-state index is 0.0348. The molecule has 3 aromatic rings. The van der Waals surface area contributed by atoms with Crippen LogP contribution in [0.3, 0.4) is 0 Å². The fourth-order valence-corrected chi connectivity index (χ4v) is 4.02. The van der Waals surface area contributed by atoms with Gasteiger partial charge in [0.2, 0.25) is 12.9 Å². The molecule has 6 nitrogen and oxygen atoms in total. The first-order chi connectivity index (χ1) is 15.4. The third-order valence-electron chi connectivity index (χ3n) is 4.48. The Kier molecular flexibility index (Phi) is 10.1. The number of carbonyl (C=O) groups is 2. The fraction of sp³-hybridized carbons (Fsp3) is 0.318. The predicted octanol–water partition coefficient (Wildman–Crippen LogP) is 4.11. The van der Waals surface area contributed by atoms with Crippen LogP contribution in [0.1, 0.15) is 27.2 Å². The Bertz CT molecular complexity index is 1050. The van der Waals surface area contributed by atoms with Gasteiger partial charge >= 0.3 is 0 Å². The average molecular weight is 468 g/mol. The SMILES string of the molecule is CNCCC(C=O)NC(=O)c1c(C)sc2ccc(OCc3cccnc3F)cc12.FCF. The van der Waals surface area contributed by atoms with Gasteiger partial charge in [-0.15, -0.1) is 11.3 Å². The van der Waals surface area contributed by atoms with Crippen molar-refractivity contribution in [3.63, 3.8) is 0 Å². The number of nitrogens with one attached hydrogen (secondary N) is 2. The van der Waals surface area contributed by atoms with Gasteiger partial charge < -0.3 is 20.2 Å². The quantitative estimate of drug-likeness (QED) is 0.366. The Hall–Kier alpha value is -2.98. The van der Waals surface area contributed by atoms with Crippen LogP contribution in [0.15, 0.2) is 36.5 Å². The Balaban J connectivity index is 0.00000114. The van der Waals surface area contributed by atoms with Crippen LogP contribution in [0.4, 0.5) is 13.2 Å². The van der Waals surface area contributed by atoms with Crippen molar-refractivity contribution in [1.82, 2.24) is 15.6 Å². The zero-order valence-corrected chi connectivity index (χ0v) is 18.5. The number of rotatable bonds is 9. The maximum absolute atomic E-state index is 13.7. The first-order valence-electron chi connectivity index (χ1n) is 9.73. The molecule has 0 saturated carbocycles. The monoisotopic (exact) mass is 467 g/mol. The summed E-state index contributed by atoms with van der Waals surface area (Å²) in [5.74, 6) is -0.339. The van der Waals surface area contributed by atoms with Crippen LogP contribution in [0.5, 0.6) is 5.75 Å². The van der Waals surface area contributed by atoms with E-state index in [1.165, 1.54) is 17.5 Å². The number of amides is 1. The third-order valence-corrected chi connectivity index (χ3v) is 5.57. The molecular weight excluding hydrogens is 443 g/mol. The second-order valence-electron chi connectivity index (χ2n) is 6.64. The molecule has 0 saturated heterocycles. The van der Waals surface area contributed by atoms with E-state index in [4.69, 9.17) is 4.74 Å². The van der Waals surface area contributed by atoms with Crippen LogP contribution >= 0.6 is 11.3 Å². The van der Waals surface area contributed by atoms with Crippen LogP contribution in [-0.2, 0) is 11.4 Å². The van der Waals surface area contributed by atoms with E-state index in [9.17, 15) is 22.8 Å². The number of carbonyl (C=O) groups excluding carboxylic acids is 2. The summed E-state index contributed by atoms with van der Waals surface area (Å²) in [5.41, 5.74) is 0.879. The first-order valence-corrected chi connectivity index (χ1v) is 10.5. The Labute approximate surface area is 187 Å². The second-order valence-corrected chi connectivity index (χ2v) is 7.90. The van der Waals surface area contributed by atoms with E-state index in [-0.39, 0.29) is 12.5 Å². The van der Waals surface area contributed by atoms with Gasteiger partial charge in [0.15, 0.2) is 0 Å². The van der Waals surface area contributed by atoms with E-state index in [0.29, 0.717) is 29.8 Å². The average Bonchev–Trinajstić information content (AvgIpc) is 3.11. The highest BCUT2D eigenvalue weighted by Crippen LogP contribution is 2.33. The Morgan fingerprint density at radius 2 is 2.06 bits per heavy atom. The molecule has 0 aliphatic heterocycles. The van der Waals surface area contributed by atoms with Gasteiger partial charge in [-0.25, -0.2) is 13.8 Å². The van der Waals surface area contributed by atoms with E-state index in [0.717, 1.165) is 21.2 Å². The molecule has 2 N–H and O–H groups in total. The molecule has 3 rings (SSSR count). The van der Waals surface area contributed by atoms with Crippen molar-refractivity contribution in [3.05, 3.63) is 58.5 Å². The topological polar surface area (TPSA) is 80.3 Å². The third kappa shape index (κ3) is 6.76. The molecule has 0 aliphatic rings. The van der Waals surface area contributed by atoms with E-state index in [1.807, 2.05) is 13.0 Å². The molecule has 32 heavy (non-hydrogen) atoms. The highest BCUT2D eigenvalue weighted by molar-refractivity contribution is 7.19. The minimum Gasteiger partial charge on any atom is -0.489 e. The van der Waals surface area contributed by atoms with Crippen molar-refractivity contribution in [2.24, 2.45) is 0 Å². The van der Waals surface area contributed by atoms with Gasteiger partial charge in [0.1, 0.15) is 18.6 Å². The molecule has 172 valence electrons. The van der Waals surface area contributed by atoms with Crippen LogP contribution in [-0.4, -0.2) is 43.7 Å². The van der Waals surface area contributed by atoms with Crippen LogP contribution in [0.2, 0.25) is 0 Å². The number of benzene rings is 1. The van der Waals surface area contributed by atoms with E-state index in [2.05, 4.69) is 15.6 Å². The van der Waals surface area contributed by atoms with E-state index < -0.39 is 18.9 Å². The lowest BCUT2D eigenvalue weighted by Crippen LogP contribution is -2.38. The van der Waals surface area contributed by atoms with Gasteiger partial charge in [-0.05, 0) is 57.3 Å². The number of halogens is 3. The lowest BCUT2D eigenvalue weighted by atomic mass is 10.1. The summed E-state index contributed by atoms with van der Waals surface area (Å²) >= 11 is 1.50. The molecule has 0 aliphatic carbocycles. The number of thiophene rings is 1. The number of aldehydes is 1.